The molecule has 4 nitrogen and oxygen atoms in total. The number of hydrogen-bond donors (Lipinski definition) is 1. The van der Waals surface area contributed by atoms with Crippen molar-refractivity contribution in [3.63, 3.8) is 0 Å². The van der Waals surface area contributed by atoms with Gasteiger partial charge in [0.1, 0.15) is 4.34 Å². The summed E-state index contributed by atoms with van der Waals surface area (Å²) >= 11 is 13.3. The van der Waals surface area contributed by atoms with Crippen LogP contribution in [-0.2, 0) is 9.53 Å². The first-order valence-corrected chi connectivity index (χ1v) is 7.57. The Labute approximate surface area is 140 Å². The highest BCUT2D eigenvalue weighted by Gasteiger charge is 2.13. The molecule has 0 unspecified atom stereocenters. The zero-order valence-electron chi connectivity index (χ0n) is 11.3. The van der Waals surface area contributed by atoms with Gasteiger partial charge >= 0.3 is 11.9 Å². The van der Waals surface area contributed by atoms with Gasteiger partial charge in [0.05, 0.1) is 17.0 Å². The number of carbonyl (C=O) groups is 2. The van der Waals surface area contributed by atoms with Gasteiger partial charge in [-0.3, -0.25) is 0 Å². The number of halogens is 2. The van der Waals surface area contributed by atoms with Gasteiger partial charge in [0.15, 0.2) is 0 Å². The normalized spacial score (nSPS) is 10.9. The van der Waals surface area contributed by atoms with E-state index >= 15 is 0 Å². The summed E-state index contributed by atoms with van der Waals surface area (Å²) in [7, 11) is 1.27. The standard InChI is InChI=1S/C15H10Cl2O4S/c1-21-15(20)10-5-8(2-3-13(18)19)4-9(6-10)11-7-12(16)22-14(11)17/h2-7H,1H3,(H,18,19). The number of ether oxygens (including phenoxy) is 1. The first-order chi connectivity index (χ1) is 10.4. The van der Waals surface area contributed by atoms with Crippen LogP contribution in [0.25, 0.3) is 17.2 Å². The lowest BCUT2D eigenvalue weighted by Crippen LogP contribution is -2.02. The number of carboxylic acids is 1. The van der Waals surface area contributed by atoms with Crippen LogP contribution in [0.2, 0.25) is 8.67 Å². The number of thiophene rings is 1. The summed E-state index contributed by atoms with van der Waals surface area (Å²) in [4.78, 5) is 22.4. The van der Waals surface area contributed by atoms with Crippen molar-refractivity contribution in [2.45, 2.75) is 0 Å². The number of carbonyl (C=O) groups excluding carboxylic acids is 1. The molecule has 0 aliphatic carbocycles. The predicted octanol–water partition coefficient (Wildman–Crippen LogP) is 4.61. The van der Waals surface area contributed by atoms with E-state index in [2.05, 4.69) is 0 Å². The Hall–Kier alpha value is -1.82. The summed E-state index contributed by atoms with van der Waals surface area (Å²) in [5, 5.41) is 8.72. The fraction of sp³-hybridized carbons (Fsp3) is 0.0667. The molecule has 2 rings (SSSR count). The molecule has 0 amide bonds. The Balaban J connectivity index is 2.57. The lowest BCUT2D eigenvalue weighted by atomic mass is 10.0. The van der Waals surface area contributed by atoms with E-state index in [9.17, 15) is 9.59 Å². The quantitative estimate of drug-likeness (QED) is 0.641. The van der Waals surface area contributed by atoms with Crippen LogP contribution in [0.5, 0.6) is 0 Å². The maximum Gasteiger partial charge on any atom is 0.337 e. The van der Waals surface area contributed by atoms with Gasteiger partial charge in [0.2, 0.25) is 0 Å². The fourth-order valence-corrected chi connectivity index (χ4v) is 3.35. The maximum absolute atomic E-state index is 11.8. The zero-order valence-corrected chi connectivity index (χ0v) is 13.6. The molecule has 0 fully saturated rings. The van der Waals surface area contributed by atoms with Gasteiger partial charge in [-0.15, -0.1) is 11.3 Å². The van der Waals surface area contributed by atoms with Crippen molar-refractivity contribution in [3.8, 4) is 11.1 Å². The number of esters is 1. The summed E-state index contributed by atoms with van der Waals surface area (Å²) in [6.07, 6.45) is 2.38. The third-order valence-electron chi connectivity index (χ3n) is 2.76. The smallest absolute Gasteiger partial charge is 0.337 e. The summed E-state index contributed by atoms with van der Waals surface area (Å²) in [5.74, 6) is -1.61. The van der Waals surface area contributed by atoms with Gasteiger partial charge < -0.3 is 9.84 Å². The molecule has 0 atom stereocenters. The lowest BCUT2D eigenvalue weighted by molar-refractivity contribution is -0.131. The molecule has 0 aliphatic rings. The van der Waals surface area contributed by atoms with Crippen LogP contribution in [-0.4, -0.2) is 24.2 Å². The molecule has 0 radical (unpaired) electrons. The second-order valence-electron chi connectivity index (χ2n) is 4.24. The van der Waals surface area contributed by atoms with Gasteiger partial charge in [-0.05, 0) is 41.5 Å². The fourth-order valence-electron chi connectivity index (χ4n) is 1.84. The van der Waals surface area contributed by atoms with E-state index in [4.69, 9.17) is 33.0 Å². The second-order valence-corrected chi connectivity index (χ2v) is 6.53. The van der Waals surface area contributed by atoms with Crippen LogP contribution in [0.15, 0.2) is 30.3 Å². The molecule has 1 aromatic heterocycles. The highest BCUT2D eigenvalue weighted by Crippen LogP contribution is 2.38. The van der Waals surface area contributed by atoms with Crippen molar-refractivity contribution in [1.82, 2.24) is 0 Å². The Morgan fingerprint density at radius 2 is 1.95 bits per heavy atom. The second kappa shape index (κ2) is 6.96. The highest BCUT2D eigenvalue weighted by molar-refractivity contribution is 7.20. The van der Waals surface area contributed by atoms with E-state index < -0.39 is 11.9 Å². The Morgan fingerprint density at radius 3 is 2.50 bits per heavy atom. The van der Waals surface area contributed by atoms with Crippen molar-refractivity contribution in [2.24, 2.45) is 0 Å². The van der Waals surface area contributed by atoms with Gasteiger partial charge in [0.25, 0.3) is 0 Å². The molecule has 0 aliphatic heterocycles. The Kier molecular flexibility index (Phi) is 5.24. The van der Waals surface area contributed by atoms with Crippen molar-refractivity contribution in [1.29, 1.82) is 0 Å². The average molecular weight is 357 g/mol. The van der Waals surface area contributed by atoms with Crippen LogP contribution in [0.1, 0.15) is 15.9 Å². The molecule has 114 valence electrons. The number of carboxylic acid groups (broad SMARTS) is 1. The van der Waals surface area contributed by atoms with Gasteiger partial charge in [-0.1, -0.05) is 23.2 Å². The molecule has 0 saturated heterocycles. The third kappa shape index (κ3) is 3.88. The topological polar surface area (TPSA) is 63.6 Å². The third-order valence-corrected chi connectivity index (χ3v) is 4.25. The largest absolute Gasteiger partial charge is 0.478 e. The number of hydrogen-bond acceptors (Lipinski definition) is 4. The van der Waals surface area contributed by atoms with Crippen LogP contribution in [0.3, 0.4) is 0 Å². The summed E-state index contributed by atoms with van der Waals surface area (Å²) in [6.45, 7) is 0. The Bertz CT molecular complexity index is 765. The van der Waals surface area contributed by atoms with Crippen molar-refractivity contribution < 1.29 is 19.4 Å². The summed E-state index contributed by atoms with van der Waals surface area (Å²) in [6, 6.07) is 6.57. The summed E-state index contributed by atoms with van der Waals surface area (Å²) in [5.41, 5.74) is 2.16. The Morgan fingerprint density at radius 1 is 1.23 bits per heavy atom. The average Bonchev–Trinajstić information content (AvgIpc) is 2.82. The summed E-state index contributed by atoms with van der Waals surface area (Å²) < 4.78 is 5.71. The van der Waals surface area contributed by atoms with E-state index in [1.54, 1.807) is 18.2 Å². The molecule has 0 saturated carbocycles. The molecule has 1 aromatic carbocycles. The van der Waals surface area contributed by atoms with Crippen molar-refractivity contribution >= 4 is 52.6 Å². The molecule has 0 spiro atoms. The number of methoxy groups -OCH3 is 1. The molecule has 1 N–H and O–H groups in total. The number of rotatable bonds is 4. The maximum atomic E-state index is 11.8. The van der Waals surface area contributed by atoms with Crippen LogP contribution < -0.4 is 0 Å². The molecule has 22 heavy (non-hydrogen) atoms. The predicted molar refractivity (Wildman–Crippen MR) is 87.8 cm³/mol. The van der Waals surface area contributed by atoms with Crippen LogP contribution in [0.4, 0.5) is 0 Å². The zero-order chi connectivity index (χ0) is 16.3. The van der Waals surface area contributed by atoms with E-state index in [0.717, 1.165) is 6.08 Å². The minimum Gasteiger partial charge on any atom is -0.478 e. The molecule has 1 heterocycles. The molecular weight excluding hydrogens is 347 g/mol. The van der Waals surface area contributed by atoms with Crippen molar-refractivity contribution in [3.05, 3.63) is 50.1 Å². The van der Waals surface area contributed by atoms with E-state index in [1.807, 2.05) is 0 Å². The first kappa shape index (κ1) is 16.5. The highest BCUT2D eigenvalue weighted by atomic mass is 35.5. The van der Waals surface area contributed by atoms with Gasteiger partial charge in [-0.25, -0.2) is 9.59 Å². The lowest BCUT2D eigenvalue weighted by Gasteiger charge is -2.06. The van der Waals surface area contributed by atoms with E-state index in [0.29, 0.717) is 30.9 Å². The van der Waals surface area contributed by atoms with Gasteiger partial charge in [0, 0.05) is 11.6 Å². The SMILES string of the molecule is COC(=O)c1cc(C=CC(=O)O)cc(-c2cc(Cl)sc2Cl)c1. The van der Waals surface area contributed by atoms with Crippen molar-refractivity contribution in [2.75, 3.05) is 7.11 Å². The minimum absolute atomic E-state index is 0.295. The van der Waals surface area contributed by atoms with E-state index in [1.165, 1.54) is 30.6 Å². The number of benzene rings is 1. The molecular formula is C15H10Cl2O4S. The molecule has 7 heteroatoms. The van der Waals surface area contributed by atoms with Gasteiger partial charge in [-0.2, -0.15) is 0 Å². The van der Waals surface area contributed by atoms with Crippen LogP contribution >= 0.6 is 34.5 Å². The minimum atomic E-state index is -1.08. The molecule has 2 aromatic rings. The molecule has 0 bridgehead atoms. The first-order valence-electron chi connectivity index (χ1n) is 6.00. The van der Waals surface area contributed by atoms with E-state index in [-0.39, 0.29) is 0 Å². The van der Waals surface area contributed by atoms with Crippen LogP contribution in [0, 0.1) is 0 Å². The monoisotopic (exact) mass is 356 g/mol. The number of aliphatic carboxylic acids is 1.